The molecule has 12 heteroatoms. The maximum atomic E-state index is 14.8. The van der Waals surface area contributed by atoms with E-state index in [2.05, 4.69) is 20.8 Å². The number of allylic oxidation sites excluding steroid dienone is 1. The Morgan fingerprint density at radius 2 is 1.51 bits per heavy atom. The van der Waals surface area contributed by atoms with Gasteiger partial charge in [-0.2, -0.15) is 13.2 Å². The van der Waals surface area contributed by atoms with Gasteiger partial charge in [-0.15, -0.1) is 0 Å². The number of alkyl halides is 3. The van der Waals surface area contributed by atoms with E-state index in [9.17, 15) is 26.0 Å². The molecule has 5 nitrogen and oxygen atoms in total. The van der Waals surface area contributed by atoms with Crippen LogP contribution in [-0.4, -0.2) is 36.0 Å². The molecule has 1 heterocycles. The van der Waals surface area contributed by atoms with Gasteiger partial charge in [0.25, 0.3) is 18.3 Å². The summed E-state index contributed by atoms with van der Waals surface area (Å²) in [6, 6.07) is 32.7. The van der Waals surface area contributed by atoms with Gasteiger partial charge >= 0.3 is 6.18 Å². The predicted molar refractivity (Wildman–Crippen MR) is 205 cm³/mol. The summed E-state index contributed by atoms with van der Waals surface area (Å²) in [7, 11) is -7.66. The molecular weight excluding hydrogens is 742 g/mol. The maximum Gasteiger partial charge on any atom is 0.416 e. The Balaban J connectivity index is 1.44. The molecule has 0 unspecified atom stereocenters. The highest BCUT2D eigenvalue weighted by molar-refractivity contribution is 7.92. The summed E-state index contributed by atoms with van der Waals surface area (Å²) >= 11 is 6.31. The number of hydrogen-bond acceptors (Lipinski definition) is 4. The van der Waals surface area contributed by atoms with Crippen LogP contribution in [0.25, 0.3) is 11.6 Å². The molecule has 1 aliphatic rings. The molecular formula is C41H38ClF4NO4SSi. The van der Waals surface area contributed by atoms with Crippen LogP contribution >= 0.6 is 11.6 Å². The number of ether oxygens (including phenoxy) is 1. The zero-order valence-corrected chi connectivity index (χ0v) is 32.1. The second-order valence-corrected chi connectivity index (χ2v) is 20.5. The molecule has 0 amide bonds. The molecule has 0 saturated heterocycles. The highest BCUT2D eigenvalue weighted by Gasteiger charge is 2.51. The molecule has 1 atom stereocenters. The summed E-state index contributed by atoms with van der Waals surface area (Å²) in [6.45, 7) is 7.75. The number of anilines is 1. The monoisotopic (exact) mass is 779 g/mol. The van der Waals surface area contributed by atoms with Crippen LogP contribution < -0.4 is 19.4 Å². The van der Waals surface area contributed by atoms with Crippen molar-refractivity contribution in [1.82, 2.24) is 0 Å². The third-order valence-corrected chi connectivity index (χ3v) is 16.4. The Morgan fingerprint density at radius 1 is 0.887 bits per heavy atom. The van der Waals surface area contributed by atoms with Crippen molar-refractivity contribution in [2.45, 2.75) is 49.9 Å². The van der Waals surface area contributed by atoms with Crippen molar-refractivity contribution in [2.75, 3.05) is 17.5 Å². The number of rotatable bonds is 9. The first kappa shape index (κ1) is 38.3. The number of halogens is 5. The number of benzene rings is 5. The third kappa shape index (κ3) is 7.66. The summed E-state index contributed by atoms with van der Waals surface area (Å²) in [5.41, 5.74) is 0.194. The van der Waals surface area contributed by atoms with Crippen molar-refractivity contribution >= 4 is 57.7 Å². The molecule has 0 fully saturated rings. The molecule has 0 aliphatic carbocycles. The van der Waals surface area contributed by atoms with Crippen molar-refractivity contribution in [3.05, 3.63) is 149 Å². The highest BCUT2D eigenvalue weighted by atomic mass is 35.5. The summed E-state index contributed by atoms with van der Waals surface area (Å²) < 4.78 is 99.5. The molecule has 0 spiro atoms. The van der Waals surface area contributed by atoms with Gasteiger partial charge in [-0.05, 0) is 75.9 Å². The number of hydrogen-bond donors (Lipinski definition) is 0. The van der Waals surface area contributed by atoms with E-state index in [1.54, 1.807) is 37.3 Å². The first-order chi connectivity index (χ1) is 25.0. The molecule has 0 radical (unpaired) electrons. The molecule has 6 rings (SSSR count). The third-order valence-electron chi connectivity index (χ3n) is 9.31. The van der Waals surface area contributed by atoms with E-state index in [4.69, 9.17) is 20.8 Å². The lowest BCUT2D eigenvalue weighted by molar-refractivity contribution is -0.137. The fourth-order valence-corrected chi connectivity index (χ4v) is 13.3. The molecule has 0 aromatic heterocycles. The van der Waals surface area contributed by atoms with E-state index in [1.165, 1.54) is 12.1 Å². The number of fused-ring (bicyclic) bond motifs is 1. The minimum absolute atomic E-state index is 0.0200. The van der Waals surface area contributed by atoms with Crippen LogP contribution in [0.5, 0.6) is 5.75 Å². The van der Waals surface area contributed by atoms with E-state index in [0.29, 0.717) is 17.2 Å². The SMILES string of the molecule is CC(=Cc1ccc2c(c1)N(S(=O)(=O)c1cccc(C(F)(F)F)c1)C[C@H](CO[Si](c1ccccc1)(c1ccccc1)C(C)(C)C)O2)c1c(F)cccc1Cl. The van der Waals surface area contributed by atoms with Crippen LogP contribution in [0.3, 0.4) is 0 Å². The summed E-state index contributed by atoms with van der Waals surface area (Å²) in [6.07, 6.45) is -3.95. The first-order valence-corrected chi connectivity index (χ1v) is 20.6. The lowest BCUT2D eigenvalue weighted by Gasteiger charge is -2.44. The molecule has 0 bridgehead atoms. The van der Waals surface area contributed by atoms with Gasteiger partial charge in [-0.25, -0.2) is 12.8 Å². The fraction of sp³-hybridized carbons (Fsp3) is 0.220. The second kappa shape index (κ2) is 14.8. The van der Waals surface area contributed by atoms with Crippen molar-refractivity contribution in [3.8, 4) is 5.75 Å². The Morgan fingerprint density at radius 3 is 2.09 bits per heavy atom. The van der Waals surface area contributed by atoms with Gasteiger partial charge in [0.05, 0.1) is 34.3 Å². The summed E-state index contributed by atoms with van der Waals surface area (Å²) in [5.74, 6) is -0.327. The van der Waals surface area contributed by atoms with E-state index in [0.717, 1.165) is 32.9 Å². The van der Waals surface area contributed by atoms with Crippen LogP contribution in [0.2, 0.25) is 10.1 Å². The van der Waals surface area contributed by atoms with Gasteiger partial charge in [0.2, 0.25) is 0 Å². The van der Waals surface area contributed by atoms with Crippen molar-refractivity contribution < 1.29 is 35.1 Å². The van der Waals surface area contributed by atoms with Gasteiger partial charge in [0.1, 0.15) is 17.7 Å². The van der Waals surface area contributed by atoms with Crippen molar-refractivity contribution in [3.63, 3.8) is 0 Å². The molecule has 276 valence electrons. The van der Waals surface area contributed by atoms with Gasteiger partial charge < -0.3 is 9.16 Å². The van der Waals surface area contributed by atoms with Crippen molar-refractivity contribution in [1.29, 1.82) is 0 Å². The second-order valence-electron chi connectivity index (χ2n) is 13.9. The zero-order valence-electron chi connectivity index (χ0n) is 29.5. The van der Waals surface area contributed by atoms with Crippen LogP contribution in [-0.2, 0) is 20.6 Å². The number of nitrogens with zero attached hydrogens (tertiary/aromatic N) is 1. The fourth-order valence-electron chi connectivity index (χ4n) is 6.87. The molecule has 1 aliphatic heterocycles. The molecule has 5 aromatic carbocycles. The molecule has 0 saturated carbocycles. The molecule has 5 aromatic rings. The van der Waals surface area contributed by atoms with Gasteiger partial charge in [0, 0.05) is 5.56 Å². The quantitative estimate of drug-likeness (QED) is 0.0850. The van der Waals surface area contributed by atoms with Gasteiger partial charge in [-0.1, -0.05) is 117 Å². The Hall–Kier alpha value is -4.42. The van der Waals surface area contributed by atoms with E-state index < -0.39 is 46.9 Å². The average Bonchev–Trinajstić information content (AvgIpc) is 3.11. The smallest absolute Gasteiger partial charge is 0.416 e. The summed E-state index contributed by atoms with van der Waals surface area (Å²) in [4.78, 5) is -0.526. The van der Waals surface area contributed by atoms with Gasteiger partial charge in [-0.3, -0.25) is 4.31 Å². The van der Waals surface area contributed by atoms with Crippen LogP contribution in [0.4, 0.5) is 23.2 Å². The van der Waals surface area contributed by atoms with E-state index in [1.807, 2.05) is 60.7 Å². The van der Waals surface area contributed by atoms with E-state index in [-0.39, 0.29) is 40.2 Å². The lowest BCUT2D eigenvalue weighted by atomic mass is 10.0. The van der Waals surface area contributed by atoms with Crippen molar-refractivity contribution in [2.24, 2.45) is 0 Å². The number of sulfonamides is 1. The van der Waals surface area contributed by atoms with Crippen LogP contribution in [0, 0.1) is 5.82 Å². The Bertz CT molecular complexity index is 2180. The van der Waals surface area contributed by atoms with Crippen LogP contribution in [0.1, 0.15) is 44.4 Å². The highest BCUT2D eigenvalue weighted by Crippen LogP contribution is 2.41. The normalized spacial score (nSPS) is 15.5. The lowest BCUT2D eigenvalue weighted by Crippen LogP contribution is -2.67. The average molecular weight is 780 g/mol. The minimum Gasteiger partial charge on any atom is -0.484 e. The largest absolute Gasteiger partial charge is 0.484 e. The first-order valence-electron chi connectivity index (χ1n) is 16.9. The topological polar surface area (TPSA) is 55.8 Å². The van der Waals surface area contributed by atoms with Crippen LogP contribution in [0.15, 0.2) is 126 Å². The zero-order chi connectivity index (χ0) is 38.2. The Kier molecular flexibility index (Phi) is 10.7. The van der Waals surface area contributed by atoms with E-state index >= 15 is 0 Å². The maximum absolute atomic E-state index is 14.8. The van der Waals surface area contributed by atoms with Gasteiger partial charge in [0.15, 0.2) is 0 Å². The standard InChI is InChI=1S/C41H38ClF4NO4SSi/c1-28(39-35(42)19-12-20-36(39)43)23-29-21-22-38-37(24-29)47(52(48,49)32-14-11-13-30(25-32)41(44,45)46)26-31(51-38)27-50-53(40(2,3)4,33-15-7-5-8-16-33)34-17-9-6-10-18-34/h5-25,31H,26-27H2,1-4H3/t31-/m1/s1. The minimum atomic E-state index is -4.76. The Labute approximate surface area is 313 Å². The summed E-state index contributed by atoms with van der Waals surface area (Å²) in [5, 5.41) is 1.86. The molecule has 0 N–H and O–H groups in total. The predicted octanol–water partition coefficient (Wildman–Crippen LogP) is 9.59. The molecule has 53 heavy (non-hydrogen) atoms.